The Morgan fingerprint density at radius 3 is 2.45 bits per heavy atom. The minimum Gasteiger partial charge on any atom is -0.336 e. The van der Waals surface area contributed by atoms with Gasteiger partial charge in [-0.2, -0.15) is 0 Å². The smallest absolute Gasteiger partial charge is 0.253 e. The van der Waals surface area contributed by atoms with Gasteiger partial charge in [0.25, 0.3) is 5.91 Å². The number of carbonyl (C=O) groups excluding carboxylic acids is 1. The van der Waals surface area contributed by atoms with Crippen LogP contribution in [0, 0.1) is 0 Å². The first-order valence-corrected chi connectivity index (χ1v) is 12.2. The van der Waals surface area contributed by atoms with Crippen molar-refractivity contribution in [1.29, 1.82) is 0 Å². The summed E-state index contributed by atoms with van der Waals surface area (Å²) in [5, 5.41) is 1.17. The molecule has 6 heteroatoms. The predicted molar refractivity (Wildman–Crippen MR) is 133 cm³/mol. The average Bonchev–Trinajstić information content (AvgIpc) is 2.89. The van der Waals surface area contributed by atoms with Gasteiger partial charge in [-0.25, -0.2) is 0 Å². The van der Waals surface area contributed by atoms with E-state index in [1.807, 2.05) is 53.7 Å². The van der Waals surface area contributed by atoms with Crippen molar-refractivity contribution < 1.29 is 4.79 Å². The summed E-state index contributed by atoms with van der Waals surface area (Å²) in [4.78, 5) is 27.3. The zero-order valence-electron chi connectivity index (χ0n) is 18.4. The number of amides is 1. The van der Waals surface area contributed by atoms with Crippen LogP contribution in [0.4, 0.5) is 0 Å². The highest BCUT2D eigenvalue weighted by Gasteiger charge is 2.22. The van der Waals surface area contributed by atoms with Crippen molar-refractivity contribution in [2.24, 2.45) is 0 Å². The van der Waals surface area contributed by atoms with E-state index >= 15 is 0 Å². The lowest BCUT2D eigenvalue weighted by Crippen LogP contribution is -2.48. The van der Waals surface area contributed by atoms with E-state index in [1.54, 1.807) is 18.0 Å². The van der Waals surface area contributed by atoms with Gasteiger partial charge in [-0.1, -0.05) is 30.3 Å². The number of benzene rings is 2. The monoisotopic (exact) mass is 454 g/mol. The molecule has 166 valence electrons. The molecule has 1 aliphatic rings. The summed E-state index contributed by atoms with van der Waals surface area (Å²) < 4.78 is 0. The molecule has 2 aromatic carbocycles. The number of piperazine rings is 1. The quantitative estimate of drug-likeness (QED) is 0.389. The molecule has 0 spiro atoms. The first kappa shape index (κ1) is 21.6. The number of fused-ring (bicyclic) bond motifs is 1. The zero-order valence-corrected chi connectivity index (χ0v) is 19.2. The van der Waals surface area contributed by atoms with Crippen molar-refractivity contribution >= 4 is 28.6 Å². The van der Waals surface area contributed by atoms with E-state index in [2.05, 4.69) is 45.2 Å². The molecule has 1 amide bonds. The van der Waals surface area contributed by atoms with Gasteiger partial charge < -0.3 is 4.90 Å². The van der Waals surface area contributed by atoms with E-state index in [0.29, 0.717) is 0 Å². The molecule has 2 aromatic heterocycles. The van der Waals surface area contributed by atoms with Crippen LogP contribution in [-0.4, -0.2) is 51.9 Å². The lowest BCUT2D eigenvalue weighted by molar-refractivity contribution is 0.0629. The van der Waals surface area contributed by atoms with Crippen LogP contribution in [0.2, 0.25) is 0 Å². The normalized spacial score (nSPS) is 14.5. The Hall–Kier alpha value is -3.22. The van der Waals surface area contributed by atoms with Crippen LogP contribution >= 0.6 is 11.8 Å². The van der Waals surface area contributed by atoms with Gasteiger partial charge >= 0.3 is 0 Å². The van der Waals surface area contributed by atoms with Crippen molar-refractivity contribution in [2.75, 3.05) is 26.2 Å². The summed E-state index contributed by atoms with van der Waals surface area (Å²) in [7, 11) is 0. The molecule has 0 bridgehead atoms. The Kier molecular flexibility index (Phi) is 6.65. The molecule has 3 heterocycles. The molecule has 0 N–H and O–H groups in total. The summed E-state index contributed by atoms with van der Waals surface area (Å²) >= 11 is 1.75. The van der Waals surface area contributed by atoms with Crippen molar-refractivity contribution in [3.63, 3.8) is 0 Å². The highest BCUT2D eigenvalue weighted by Crippen LogP contribution is 2.23. The van der Waals surface area contributed by atoms with Crippen LogP contribution in [0.15, 0.2) is 90.2 Å². The van der Waals surface area contributed by atoms with Gasteiger partial charge in [0.2, 0.25) is 0 Å². The molecule has 1 fully saturated rings. The minimum absolute atomic E-state index is 0.116. The van der Waals surface area contributed by atoms with Gasteiger partial charge in [-0.3, -0.25) is 19.7 Å². The van der Waals surface area contributed by atoms with E-state index in [4.69, 9.17) is 0 Å². The number of aromatic nitrogens is 2. The lowest BCUT2D eigenvalue weighted by Gasteiger charge is -2.35. The maximum absolute atomic E-state index is 13.0. The molecule has 0 unspecified atom stereocenters. The first-order valence-electron chi connectivity index (χ1n) is 11.2. The maximum atomic E-state index is 13.0. The van der Waals surface area contributed by atoms with Crippen LogP contribution in [-0.2, 0) is 12.3 Å². The standard InChI is InChI=1S/C27H26N4OS/c32-27(23-8-10-25(11-9-23)33-20-21-4-2-12-28-18-21)31-16-14-30(15-17-31)19-24-6-1-5-22-7-3-13-29-26(22)24/h1-13,18H,14-17,19-20H2. The molecule has 0 radical (unpaired) electrons. The second-order valence-corrected chi connectivity index (χ2v) is 9.28. The Morgan fingerprint density at radius 2 is 1.67 bits per heavy atom. The van der Waals surface area contributed by atoms with Crippen LogP contribution in [0.3, 0.4) is 0 Å². The fraction of sp³-hybridized carbons (Fsp3) is 0.222. The molecule has 5 nitrogen and oxygen atoms in total. The molecule has 1 saturated heterocycles. The Labute approximate surface area is 198 Å². The highest BCUT2D eigenvalue weighted by molar-refractivity contribution is 7.98. The Morgan fingerprint density at radius 1 is 0.879 bits per heavy atom. The van der Waals surface area contributed by atoms with E-state index in [0.717, 1.165) is 54.5 Å². The van der Waals surface area contributed by atoms with E-state index < -0.39 is 0 Å². The Bertz CT molecular complexity index is 1220. The van der Waals surface area contributed by atoms with Crippen LogP contribution < -0.4 is 0 Å². The number of carbonyl (C=O) groups is 1. The average molecular weight is 455 g/mol. The number of thioether (sulfide) groups is 1. The fourth-order valence-electron chi connectivity index (χ4n) is 4.17. The van der Waals surface area contributed by atoms with Gasteiger partial charge in [-0.05, 0) is 47.5 Å². The van der Waals surface area contributed by atoms with Crippen LogP contribution in [0.25, 0.3) is 10.9 Å². The van der Waals surface area contributed by atoms with Crippen molar-refractivity contribution in [3.05, 3.63) is 102 Å². The van der Waals surface area contributed by atoms with Gasteiger partial charge in [0.15, 0.2) is 0 Å². The molecule has 0 aliphatic carbocycles. The number of hydrogen-bond acceptors (Lipinski definition) is 5. The lowest BCUT2D eigenvalue weighted by atomic mass is 10.1. The molecule has 1 aliphatic heterocycles. The largest absolute Gasteiger partial charge is 0.336 e. The molecule has 0 saturated carbocycles. The van der Waals surface area contributed by atoms with Gasteiger partial charge in [-0.15, -0.1) is 11.8 Å². The maximum Gasteiger partial charge on any atom is 0.253 e. The second-order valence-electron chi connectivity index (χ2n) is 8.23. The third kappa shape index (κ3) is 5.24. The molecular weight excluding hydrogens is 428 g/mol. The number of hydrogen-bond donors (Lipinski definition) is 0. The van der Waals surface area contributed by atoms with Crippen LogP contribution in [0.1, 0.15) is 21.5 Å². The molecule has 0 atom stereocenters. The van der Waals surface area contributed by atoms with E-state index in [-0.39, 0.29) is 5.91 Å². The number of rotatable bonds is 6. The van der Waals surface area contributed by atoms with Crippen LogP contribution in [0.5, 0.6) is 0 Å². The SMILES string of the molecule is O=C(c1ccc(SCc2cccnc2)cc1)N1CCN(Cc2cccc3cccnc23)CC1. The summed E-state index contributed by atoms with van der Waals surface area (Å²) in [5.74, 6) is 0.986. The summed E-state index contributed by atoms with van der Waals surface area (Å²) in [5.41, 5.74) is 4.26. The van der Waals surface area contributed by atoms with E-state index in [9.17, 15) is 4.79 Å². The zero-order chi connectivity index (χ0) is 22.5. The first-order chi connectivity index (χ1) is 16.3. The third-order valence-corrected chi connectivity index (χ3v) is 7.08. The fourth-order valence-corrected chi connectivity index (χ4v) is 5.00. The van der Waals surface area contributed by atoms with E-state index in [1.165, 1.54) is 16.5 Å². The predicted octanol–water partition coefficient (Wildman–Crippen LogP) is 4.88. The minimum atomic E-state index is 0.116. The molecule has 5 rings (SSSR count). The number of pyridine rings is 2. The molecular formula is C27H26N4OS. The van der Waals surface area contributed by atoms with Crippen molar-refractivity contribution in [3.8, 4) is 0 Å². The third-order valence-electron chi connectivity index (χ3n) is 6.00. The highest BCUT2D eigenvalue weighted by atomic mass is 32.2. The summed E-state index contributed by atoms with van der Waals surface area (Å²) in [6, 6.07) is 22.4. The Balaban J connectivity index is 1.15. The van der Waals surface area contributed by atoms with Gasteiger partial charge in [0, 0.05) is 72.9 Å². The van der Waals surface area contributed by atoms with Crippen molar-refractivity contribution in [1.82, 2.24) is 19.8 Å². The molecule has 4 aromatic rings. The second kappa shape index (κ2) is 10.1. The molecule has 33 heavy (non-hydrogen) atoms. The summed E-state index contributed by atoms with van der Waals surface area (Å²) in [6.07, 6.45) is 5.53. The van der Waals surface area contributed by atoms with Crippen molar-refractivity contribution in [2.45, 2.75) is 17.2 Å². The summed E-state index contributed by atoms with van der Waals surface area (Å²) in [6.45, 7) is 4.09. The number of para-hydroxylation sites is 1. The topological polar surface area (TPSA) is 49.3 Å². The van der Waals surface area contributed by atoms with Gasteiger partial charge in [0.05, 0.1) is 5.52 Å². The van der Waals surface area contributed by atoms with Gasteiger partial charge in [0.1, 0.15) is 0 Å². The number of nitrogens with zero attached hydrogens (tertiary/aromatic N) is 4.